The van der Waals surface area contributed by atoms with E-state index in [1.165, 1.54) is 66.7 Å². The summed E-state index contributed by atoms with van der Waals surface area (Å²) < 4.78 is 5.41. The third-order valence-corrected chi connectivity index (χ3v) is 6.81. The number of benzene rings is 1. The summed E-state index contributed by atoms with van der Waals surface area (Å²) in [4.78, 5) is 6.21. The van der Waals surface area contributed by atoms with Crippen LogP contribution < -0.4 is 4.74 Å². The molecule has 3 nitrogen and oxygen atoms in total. The van der Waals surface area contributed by atoms with Gasteiger partial charge < -0.3 is 9.72 Å². The molecule has 24 heavy (non-hydrogen) atoms. The van der Waals surface area contributed by atoms with Gasteiger partial charge in [0.05, 0.1) is 7.11 Å². The number of fused-ring (bicyclic) bond motifs is 1. The van der Waals surface area contributed by atoms with E-state index in [1.807, 2.05) is 6.07 Å². The number of H-pyrrole nitrogens is 1. The normalized spacial score (nSPS) is 23.1. The van der Waals surface area contributed by atoms with E-state index in [1.54, 1.807) is 7.11 Å². The number of hydrogen-bond donors (Lipinski definition) is 1. The SMILES string of the molecule is COc1ccc2[nH]cc(CC3CCCN3CC3CCSCC3)c2c1. The molecular weight excluding hydrogens is 316 g/mol. The number of nitrogens with zero attached hydrogens (tertiary/aromatic N) is 1. The van der Waals surface area contributed by atoms with Crippen molar-refractivity contribution < 1.29 is 4.74 Å². The van der Waals surface area contributed by atoms with Crippen LogP contribution in [-0.2, 0) is 6.42 Å². The number of hydrogen-bond acceptors (Lipinski definition) is 3. The van der Waals surface area contributed by atoms with Gasteiger partial charge in [-0.25, -0.2) is 0 Å². The fourth-order valence-electron chi connectivity index (χ4n) is 4.33. The van der Waals surface area contributed by atoms with Gasteiger partial charge in [0.25, 0.3) is 0 Å². The molecule has 2 aliphatic heterocycles. The quantitative estimate of drug-likeness (QED) is 0.875. The van der Waals surface area contributed by atoms with Gasteiger partial charge in [-0.05, 0) is 79.8 Å². The van der Waals surface area contributed by atoms with E-state index in [2.05, 4.69) is 40.0 Å². The molecule has 0 radical (unpaired) electrons. The van der Waals surface area contributed by atoms with Crippen LogP contribution in [0.25, 0.3) is 10.9 Å². The molecule has 4 heteroatoms. The van der Waals surface area contributed by atoms with Crippen LogP contribution in [0.1, 0.15) is 31.2 Å². The summed E-state index contributed by atoms with van der Waals surface area (Å²) >= 11 is 2.13. The van der Waals surface area contributed by atoms with Gasteiger partial charge in [0.15, 0.2) is 0 Å². The maximum atomic E-state index is 5.41. The second kappa shape index (κ2) is 7.40. The summed E-state index contributed by atoms with van der Waals surface area (Å²) in [5.41, 5.74) is 2.67. The number of aromatic amines is 1. The van der Waals surface area contributed by atoms with E-state index in [0.717, 1.165) is 18.1 Å². The first kappa shape index (κ1) is 16.3. The monoisotopic (exact) mass is 344 g/mol. The molecule has 3 heterocycles. The lowest BCUT2D eigenvalue weighted by atomic mass is 9.99. The first-order valence-corrected chi connectivity index (χ1v) is 10.4. The Morgan fingerprint density at radius 2 is 2.12 bits per heavy atom. The molecule has 0 bridgehead atoms. The summed E-state index contributed by atoms with van der Waals surface area (Å²) in [5, 5.41) is 1.33. The van der Waals surface area contributed by atoms with Crippen molar-refractivity contribution in [1.82, 2.24) is 9.88 Å². The first-order chi connectivity index (χ1) is 11.8. The van der Waals surface area contributed by atoms with E-state index in [9.17, 15) is 0 Å². The molecule has 2 saturated heterocycles. The van der Waals surface area contributed by atoms with Gasteiger partial charge in [0.1, 0.15) is 5.75 Å². The number of methoxy groups -OCH3 is 1. The number of ether oxygens (including phenoxy) is 1. The van der Waals surface area contributed by atoms with Crippen LogP contribution >= 0.6 is 11.8 Å². The molecule has 2 aromatic rings. The Labute approximate surface area is 149 Å². The molecule has 0 amide bonds. The van der Waals surface area contributed by atoms with E-state index in [4.69, 9.17) is 4.74 Å². The summed E-state index contributed by atoms with van der Waals surface area (Å²) in [6.07, 6.45) is 8.90. The predicted octanol–water partition coefficient (Wildman–Crippen LogP) is 4.33. The number of nitrogens with one attached hydrogen (secondary N) is 1. The van der Waals surface area contributed by atoms with Gasteiger partial charge in [-0.1, -0.05) is 0 Å². The van der Waals surface area contributed by atoms with Crippen molar-refractivity contribution in [2.45, 2.75) is 38.1 Å². The fraction of sp³-hybridized carbons (Fsp3) is 0.600. The van der Waals surface area contributed by atoms with E-state index in [0.29, 0.717) is 6.04 Å². The molecule has 0 saturated carbocycles. The number of likely N-dealkylation sites (tertiary alicyclic amines) is 1. The van der Waals surface area contributed by atoms with Crippen molar-refractivity contribution in [3.8, 4) is 5.75 Å². The van der Waals surface area contributed by atoms with Crippen LogP contribution in [0.5, 0.6) is 5.75 Å². The van der Waals surface area contributed by atoms with Crippen LogP contribution in [0.4, 0.5) is 0 Å². The smallest absolute Gasteiger partial charge is 0.119 e. The van der Waals surface area contributed by atoms with Crippen molar-refractivity contribution in [2.75, 3.05) is 31.7 Å². The number of thioether (sulfide) groups is 1. The first-order valence-electron chi connectivity index (χ1n) is 9.29. The van der Waals surface area contributed by atoms with Crippen molar-refractivity contribution in [3.63, 3.8) is 0 Å². The molecule has 2 aliphatic rings. The average molecular weight is 345 g/mol. The van der Waals surface area contributed by atoms with E-state index < -0.39 is 0 Å². The Morgan fingerprint density at radius 1 is 1.25 bits per heavy atom. The van der Waals surface area contributed by atoms with Crippen LogP contribution in [-0.4, -0.2) is 47.6 Å². The molecule has 0 spiro atoms. The predicted molar refractivity (Wildman–Crippen MR) is 103 cm³/mol. The fourth-order valence-corrected chi connectivity index (χ4v) is 5.54. The highest BCUT2D eigenvalue weighted by Crippen LogP contribution is 2.30. The Balaban J connectivity index is 1.47. The maximum Gasteiger partial charge on any atom is 0.119 e. The summed E-state index contributed by atoms with van der Waals surface area (Å²) in [5.74, 6) is 4.61. The lowest BCUT2D eigenvalue weighted by Crippen LogP contribution is -2.36. The Hall–Kier alpha value is -1.13. The molecule has 1 N–H and O–H groups in total. The highest BCUT2D eigenvalue weighted by atomic mass is 32.2. The minimum atomic E-state index is 0.713. The molecular formula is C20H28N2OS. The van der Waals surface area contributed by atoms with E-state index >= 15 is 0 Å². The zero-order chi connectivity index (χ0) is 16.4. The molecule has 1 aromatic heterocycles. The number of rotatable bonds is 5. The van der Waals surface area contributed by atoms with Gasteiger partial charge in [-0.15, -0.1) is 0 Å². The molecule has 0 aliphatic carbocycles. The van der Waals surface area contributed by atoms with E-state index in [-0.39, 0.29) is 0 Å². The third-order valence-electron chi connectivity index (χ3n) is 5.76. The molecule has 1 unspecified atom stereocenters. The van der Waals surface area contributed by atoms with Gasteiger partial charge in [-0.2, -0.15) is 11.8 Å². The minimum absolute atomic E-state index is 0.713. The summed E-state index contributed by atoms with van der Waals surface area (Å²) in [6, 6.07) is 7.05. The lowest BCUT2D eigenvalue weighted by Gasteiger charge is -2.30. The molecule has 4 rings (SSSR count). The standard InChI is InChI=1S/C20H28N2OS/c1-23-18-4-5-20-19(12-18)16(13-21-20)11-17-3-2-8-22(17)14-15-6-9-24-10-7-15/h4-5,12-13,15,17,21H,2-3,6-11,14H2,1H3. The zero-order valence-electron chi connectivity index (χ0n) is 14.6. The molecule has 1 atom stereocenters. The van der Waals surface area contributed by atoms with Crippen LogP contribution in [0.15, 0.2) is 24.4 Å². The molecule has 1 aromatic carbocycles. The molecule has 2 fully saturated rings. The van der Waals surface area contributed by atoms with Crippen LogP contribution in [0, 0.1) is 5.92 Å². The summed E-state index contributed by atoms with van der Waals surface area (Å²) in [7, 11) is 1.74. The van der Waals surface area contributed by atoms with Gasteiger partial charge >= 0.3 is 0 Å². The highest BCUT2D eigenvalue weighted by molar-refractivity contribution is 7.99. The second-order valence-electron chi connectivity index (χ2n) is 7.28. The van der Waals surface area contributed by atoms with Gasteiger partial charge in [-0.3, -0.25) is 4.90 Å². The third kappa shape index (κ3) is 3.45. The highest BCUT2D eigenvalue weighted by Gasteiger charge is 2.28. The van der Waals surface area contributed by atoms with Gasteiger partial charge in [0, 0.05) is 29.7 Å². The van der Waals surface area contributed by atoms with Crippen molar-refractivity contribution in [2.24, 2.45) is 5.92 Å². The Kier molecular flexibility index (Phi) is 5.04. The second-order valence-corrected chi connectivity index (χ2v) is 8.50. The van der Waals surface area contributed by atoms with Crippen molar-refractivity contribution >= 4 is 22.7 Å². The molecule has 130 valence electrons. The summed E-state index contributed by atoms with van der Waals surface area (Å²) in [6.45, 7) is 2.61. The van der Waals surface area contributed by atoms with Crippen LogP contribution in [0.2, 0.25) is 0 Å². The van der Waals surface area contributed by atoms with Gasteiger partial charge in [0.2, 0.25) is 0 Å². The number of aromatic nitrogens is 1. The zero-order valence-corrected chi connectivity index (χ0v) is 15.4. The lowest BCUT2D eigenvalue weighted by molar-refractivity contribution is 0.207. The Bertz CT molecular complexity index is 677. The average Bonchev–Trinajstić information content (AvgIpc) is 3.23. The topological polar surface area (TPSA) is 28.3 Å². The largest absolute Gasteiger partial charge is 0.497 e. The minimum Gasteiger partial charge on any atom is -0.497 e. The van der Waals surface area contributed by atoms with Crippen LogP contribution in [0.3, 0.4) is 0 Å². The maximum absolute atomic E-state index is 5.41. The van der Waals surface area contributed by atoms with Crippen molar-refractivity contribution in [3.05, 3.63) is 30.0 Å². The Morgan fingerprint density at radius 3 is 2.96 bits per heavy atom. The van der Waals surface area contributed by atoms with Crippen molar-refractivity contribution in [1.29, 1.82) is 0 Å².